The van der Waals surface area contributed by atoms with Crippen molar-refractivity contribution < 1.29 is 4.79 Å². The SMILES string of the molecule is Cc1sc(=O)n(-c2ccc(Cl)cc2)c1-c1cccc(C(=O)NCCCCc2ccccc2)c1. The molecule has 4 nitrogen and oxygen atoms in total. The number of carbonyl (C=O) groups is 1. The van der Waals surface area contributed by atoms with Crippen LogP contribution >= 0.6 is 22.9 Å². The maximum Gasteiger partial charge on any atom is 0.312 e. The number of aryl methyl sites for hydroxylation is 2. The molecule has 4 aromatic rings. The van der Waals surface area contributed by atoms with Crippen LogP contribution in [-0.2, 0) is 6.42 Å². The fourth-order valence-electron chi connectivity index (χ4n) is 3.84. The van der Waals surface area contributed by atoms with Crippen molar-refractivity contribution in [2.24, 2.45) is 0 Å². The van der Waals surface area contributed by atoms with E-state index in [2.05, 4.69) is 17.4 Å². The molecular weight excluding hydrogens is 452 g/mol. The Labute approximate surface area is 202 Å². The minimum atomic E-state index is -0.107. The lowest BCUT2D eigenvalue weighted by atomic mass is 10.1. The molecular formula is C27H25ClN2O2S. The van der Waals surface area contributed by atoms with Crippen LogP contribution < -0.4 is 10.2 Å². The van der Waals surface area contributed by atoms with E-state index in [4.69, 9.17) is 11.6 Å². The van der Waals surface area contributed by atoms with Gasteiger partial charge in [-0.15, -0.1) is 0 Å². The standard InChI is InChI=1S/C27H25ClN2O2S/c1-19-25(30(27(32)33-19)24-15-13-23(28)14-16-24)21-11-7-12-22(18-21)26(31)29-17-6-5-10-20-8-3-2-4-9-20/h2-4,7-9,11-16,18H,5-6,10,17H2,1H3,(H,29,31). The van der Waals surface area contributed by atoms with E-state index >= 15 is 0 Å². The molecule has 0 unspecified atom stereocenters. The van der Waals surface area contributed by atoms with Gasteiger partial charge in [-0.2, -0.15) is 0 Å². The summed E-state index contributed by atoms with van der Waals surface area (Å²) in [7, 11) is 0. The number of hydrogen-bond donors (Lipinski definition) is 1. The van der Waals surface area contributed by atoms with Gasteiger partial charge in [0.25, 0.3) is 5.91 Å². The first-order valence-corrected chi connectivity index (χ1v) is 12.1. The Balaban J connectivity index is 1.46. The smallest absolute Gasteiger partial charge is 0.312 e. The summed E-state index contributed by atoms with van der Waals surface area (Å²) in [4.78, 5) is 26.3. The van der Waals surface area contributed by atoms with E-state index in [9.17, 15) is 9.59 Å². The second-order valence-corrected chi connectivity index (χ2v) is 9.47. The number of amides is 1. The van der Waals surface area contributed by atoms with Crippen molar-refractivity contribution in [1.82, 2.24) is 9.88 Å². The van der Waals surface area contributed by atoms with Gasteiger partial charge in [-0.05, 0) is 68.1 Å². The van der Waals surface area contributed by atoms with Gasteiger partial charge in [-0.25, -0.2) is 0 Å². The average molecular weight is 477 g/mol. The number of unbranched alkanes of at least 4 members (excludes halogenated alkanes) is 1. The van der Waals surface area contributed by atoms with Crippen LogP contribution in [0, 0.1) is 6.92 Å². The molecule has 0 atom stereocenters. The molecule has 0 fully saturated rings. The van der Waals surface area contributed by atoms with Crippen molar-refractivity contribution in [1.29, 1.82) is 0 Å². The highest BCUT2D eigenvalue weighted by molar-refractivity contribution is 7.09. The first-order valence-electron chi connectivity index (χ1n) is 10.9. The first-order chi connectivity index (χ1) is 16.0. The predicted molar refractivity (Wildman–Crippen MR) is 137 cm³/mol. The quantitative estimate of drug-likeness (QED) is 0.304. The number of nitrogens with one attached hydrogen (secondary N) is 1. The van der Waals surface area contributed by atoms with E-state index in [1.807, 2.05) is 55.5 Å². The highest BCUT2D eigenvalue weighted by atomic mass is 35.5. The van der Waals surface area contributed by atoms with Gasteiger partial charge in [-0.3, -0.25) is 14.2 Å². The van der Waals surface area contributed by atoms with E-state index < -0.39 is 0 Å². The second-order valence-electron chi connectivity index (χ2n) is 7.86. The summed E-state index contributed by atoms with van der Waals surface area (Å²) in [6, 6.07) is 25.0. The Morgan fingerprint density at radius 1 is 0.970 bits per heavy atom. The largest absolute Gasteiger partial charge is 0.352 e. The highest BCUT2D eigenvalue weighted by Crippen LogP contribution is 2.29. The molecule has 0 aliphatic carbocycles. The van der Waals surface area contributed by atoms with Crippen LogP contribution in [0.4, 0.5) is 0 Å². The summed E-state index contributed by atoms with van der Waals surface area (Å²) >= 11 is 7.22. The number of halogens is 1. The zero-order chi connectivity index (χ0) is 23.2. The van der Waals surface area contributed by atoms with Gasteiger partial charge in [0.1, 0.15) is 0 Å². The Kier molecular flexibility index (Phi) is 7.43. The van der Waals surface area contributed by atoms with Crippen molar-refractivity contribution in [3.8, 4) is 16.9 Å². The van der Waals surface area contributed by atoms with Crippen molar-refractivity contribution in [3.63, 3.8) is 0 Å². The summed E-state index contributed by atoms with van der Waals surface area (Å²) in [5.74, 6) is -0.107. The van der Waals surface area contributed by atoms with Gasteiger partial charge >= 0.3 is 4.87 Å². The maximum atomic E-state index is 12.8. The number of hydrogen-bond acceptors (Lipinski definition) is 3. The summed E-state index contributed by atoms with van der Waals surface area (Å²) in [5, 5.41) is 3.63. The molecule has 1 aromatic heterocycles. The van der Waals surface area contributed by atoms with Crippen LogP contribution in [0.15, 0.2) is 83.7 Å². The van der Waals surface area contributed by atoms with Gasteiger partial charge in [0.05, 0.1) is 11.4 Å². The van der Waals surface area contributed by atoms with Gasteiger partial charge in [0, 0.05) is 27.6 Å². The lowest BCUT2D eigenvalue weighted by Crippen LogP contribution is -2.24. The molecule has 0 aliphatic heterocycles. The highest BCUT2D eigenvalue weighted by Gasteiger charge is 2.17. The number of rotatable bonds is 8. The molecule has 0 aliphatic rings. The lowest BCUT2D eigenvalue weighted by molar-refractivity contribution is 0.0953. The van der Waals surface area contributed by atoms with Crippen molar-refractivity contribution >= 4 is 28.8 Å². The molecule has 0 bridgehead atoms. The monoisotopic (exact) mass is 476 g/mol. The topological polar surface area (TPSA) is 51.1 Å². The molecule has 0 saturated carbocycles. The maximum absolute atomic E-state index is 12.8. The summed E-state index contributed by atoms with van der Waals surface area (Å²) < 4.78 is 1.68. The molecule has 0 radical (unpaired) electrons. The predicted octanol–water partition coefficient (Wildman–Crippen LogP) is 6.28. The van der Waals surface area contributed by atoms with Crippen molar-refractivity contribution in [2.75, 3.05) is 6.54 Å². The zero-order valence-electron chi connectivity index (χ0n) is 18.4. The van der Waals surface area contributed by atoms with E-state index in [0.717, 1.165) is 41.1 Å². The third kappa shape index (κ3) is 5.62. The zero-order valence-corrected chi connectivity index (χ0v) is 20.0. The third-order valence-electron chi connectivity index (χ3n) is 5.48. The van der Waals surface area contributed by atoms with E-state index in [0.29, 0.717) is 17.1 Å². The van der Waals surface area contributed by atoms with Crippen molar-refractivity contribution in [2.45, 2.75) is 26.2 Å². The Hall–Kier alpha value is -3.15. The normalized spacial score (nSPS) is 10.8. The summed E-state index contributed by atoms with van der Waals surface area (Å²) in [6.45, 7) is 2.55. The molecule has 0 spiro atoms. The van der Waals surface area contributed by atoms with Gasteiger partial charge in [0.15, 0.2) is 0 Å². The van der Waals surface area contributed by atoms with Crippen LogP contribution in [0.2, 0.25) is 5.02 Å². The van der Waals surface area contributed by atoms with Gasteiger partial charge < -0.3 is 5.32 Å². The molecule has 4 rings (SSSR count). The second kappa shape index (κ2) is 10.6. The van der Waals surface area contributed by atoms with E-state index in [1.165, 1.54) is 16.9 Å². The molecule has 1 heterocycles. The molecule has 6 heteroatoms. The minimum absolute atomic E-state index is 0.0712. The molecule has 1 amide bonds. The van der Waals surface area contributed by atoms with E-state index in [1.54, 1.807) is 22.8 Å². The fraction of sp³-hybridized carbons (Fsp3) is 0.185. The average Bonchev–Trinajstić information content (AvgIpc) is 3.13. The Morgan fingerprint density at radius 2 is 1.73 bits per heavy atom. The van der Waals surface area contributed by atoms with Gasteiger partial charge in [0.2, 0.25) is 0 Å². The number of carbonyl (C=O) groups excluding carboxylic acids is 1. The number of thiazole rings is 1. The van der Waals surface area contributed by atoms with Crippen LogP contribution in [0.1, 0.15) is 33.6 Å². The molecule has 3 aromatic carbocycles. The first kappa shape index (κ1) is 23.0. The van der Waals surface area contributed by atoms with Crippen LogP contribution in [0.25, 0.3) is 16.9 Å². The minimum Gasteiger partial charge on any atom is -0.352 e. The molecule has 168 valence electrons. The van der Waals surface area contributed by atoms with Crippen LogP contribution in [0.5, 0.6) is 0 Å². The van der Waals surface area contributed by atoms with Gasteiger partial charge in [-0.1, -0.05) is 65.4 Å². The molecule has 0 saturated heterocycles. The lowest BCUT2D eigenvalue weighted by Gasteiger charge is -2.11. The molecule has 33 heavy (non-hydrogen) atoms. The number of benzene rings is 3. The Bertz CT molecular complexity index is 1290. The Morgan fingerprint density at radius 3 is 2.48 bits per heavy atom. The van der Waals surface area contributed by atoms with Crippen LogP contribution in [-0.4, -0.2) is 17.0 Å². The molecule has 1 N–H and O–H groups in total. The number of nitrogens with zero attached hydrogens (tertiary/aromatic N) is 1. The van der Waals surface area contributed by atoms with Crippen LogP contribution in [0.3, 0.4) is 0 Å². The third-order valence-corrected chi connectivity index (χ3v) is 6.59. The number of aromatic nitrogens is 1. The summed E-state index contributed by atoms with van der Waals surface area (Å²) in [6.07, 6.45) is 2.94. The van der Waals surface area contributed by atoms with E-state index in [-0.39, 0.29) is 10.8 Å². The van der Waals surface area contributed by atoms with Crippen molar-refractivity contribution in [3.05, 3.63) is 110 Å². The summed E-state index contributed by atoms with van der Waals surface area (Å²) in [5.41, 5.74) is 4.27. The fourth-order valence-corrected chi connectivity index (χ4v) is 4.82.